The molecule has 27 heavy (non-hydrogen) atoms. The van der Waals surface area contributed by atoms with Gasteiger partial charge >= 0.3 is 0 Å². The summed E-state index contributed by atoms with van der Waals surface area (Å²) in [4.78, 5) is 6.05. The van der Waals surface area contributed by atoms with Crippen molar-refractivity contribution in [1.29, 1.82) is 0 Å². The number of hydroxylamine groups is 1. The van der Waals surface area contributed by atoms with Gasteiger partial charge in [-0.05, 0) is 64.2 Å². The molecule has 1 N–H and O–H groups in total. The summed E-state index contributed by atoms with van der Waals surface area (Å²) in [7, 11) is 2.90. The Kier molecular flexibility index (Phi) is 9.99. The summed E-state index contributed by atoms with van der Waals surface area (Å²) in [6.07, 6.45) is 4.12. The fourth-order valence-corrected chi connectivity index (χ4v) is 5.09. The summed E-state index contributed by atoms with van der Waals surface area (Å²) < 4.78 is 6.50. The lowest BCUT2D eigenvalue weighted by Crippen LogP contribution is -2.44. The average molecular weight is 404 g/mol. The summed E-state index contributed by atoms with van der Waals surface area (Å²) in [5.41, 5.74) is 3.29. The minimum absolute atomic E-state index is 0.182. The van der Waals surface area contributed by atoms with Crippen molar-refractivity contribution in [3.05, 3.63) is 0 Å². The molecule has 0 aromatic rings. The highest BCUT2D eigenvalue weighted by Gasteiger charge is 2.37. The van der Waals surface area contributed by atoms with E-state index >= 15 is 0 Å². The second-order valence-corrected chi connectivity index (χ2v) is 13.1. The van der Waals surface area contributed by atoms with Crippen LogP contribution in [-0.4, -0.2) is 23.1 Å². The molecule has 0 amide bonds. The molecule has 0 bridgehead atoms. The van der Waals surface area contributed by atoms with Crippen LogP contribution in [0.2, 0.25) is 0 Å². The molecule has 0 aromatic heterocycles. The second-order valence-electron chi connectivity index (χ2n) is 11.9. The monoisotopic (exact) mass is 403 g/mol. The molecule has 0 radical (unpaired) electrons. The summed E-state index contributed by atoms with van der Waals surface area (Å²) in [5.74, 6) is 0.709. The Bertz CT molecular complexity index is 436. The quantitative estimate of drug-likeness (QED) is 0.217. The average Bonchev–Trinajstić information content (AvgIpc) is 2.37. The Morgan fingerprint density at radius 1 is 0.852 bits per heavy atom. The van der Waals surface area contributed by atoms with Gasteiger partial charge in [-0.2, -0.15) is 0 Å². The SMILES string of the molecule is CCC(C)C(C)(C)CCNOC(C)(C)CC(C)(P)OC(C)(C)CC(C)(C)C. The first-order valence-corrected chi connectivity index (χ1v) is 11.3. The van der Waals surface area contributed by atoms with Crippen LogP contribution >= 0.6 is 9.24 Å². The van der Waals surface area contributed by atoms with Crippen LogP contribution in [0, 0.1) is 16.7 Å². The normalized spacial score (nSPS) is 17.7. The molecular weight excluding hydrogens is 353 g/mol. The van der Waals surface area contributed by atoms with E-state index in [-0.39, 0.29) is 22.0 Å². The Morgan fingerprint density at radius 2 is 1.37 bits per heavy atom. The van der Waals surface area contributed by atoms with Gasteiger partial charge in [0, 0.05) is 13.0 Å². The van der Waals surface area contributed by atoms with Crippen LogP contribution in [0.5, 0.6) is 0 Å². The lowest BCUT2D eigenvalue weighted by Gasteiger charge is -2.42. The predicted molar refractivity (Wildman–Crippen MR) is 123 cm³/mol. The summed E-state index contributed by atoms with van der Waals surface area (Å²) in [5, 5.41) is -0.337. The zero-order valence-electron chi connectivity index (χ0n) is 20.5. The van der Waals surface area contributed by atoms with Crippen molar-refractivity contribution in [2.45, 2.75) is 125 Å². The zero-order chi connectivity index (χ0) is 21.7. The first kappa shape index (κ1) is 27.3. The molecular formula is C23H50NO2P. The maximum absolute atomic E-state index is 6.50. The van der Waals surface area contributed by atoms with E-state index in [2.05, 4.69) is 97.8 Å². The molecule has 0 saturated heterocycles. The predicted octanol–water partition coefficient (Wildman–Crippen LogP) is 6.96. The van der Waals surface area contributed by atoms with Gasteiger partial charge < -0.3 is 4.74 Å². The maximum atomic E-state index is 6.50. The van der Waals surface area contributed by atoms with Crippen LogP contribution in [0.3, 0.4) is 0 Å². The minimum Gasteiger partial charge on any atom is -0.365 e. The number of hydrogen-bond acceptors (Lipinski definition) is 3. The molecule has 0 aliphatic rings. The number of nitrogens with one attached hydrogen (secondary N) is 1. The van der Waals surface area contributed by atoms with Gasteiger partial charge in [0.15, 0.2) is 0 Å². The zero-order valence-corrected chi connectivity index (χ0v) is 21.7. The Labute approximate surface area is 173 Å². The number of rotatable bonds is 12. The van der Waals surface area contributed by atoms with E-state index in [0.717, 1.165) is 25.8 Å². The molecule has 0 aromatic carbocycles. The molecule has 4 heteroatoms. The first-order chi connectivity index (χ1) is 11.8. The van der Waals surface area contributed by atoms with Crippen LogP contribution in [0.25, 0.3) is 0 Å². The molecule has 0 spiro atoms. The molecule has 0 rings (SSSR count). The third-order valence-electron chi connectivity index (χ3n) is 5.41. The largest absolute Gasteiger partial charge is 0.365 e. The lowest BCUT2D eigenvalue weighted by atomic mass is 9.76. The molecule has 3 unspecified atom stereocenters. The maximum Gasteiger partial charge on any atom is 0.0871 e. The van der Waals surface area contributed by atoms with Crippen molar-refractivity contribution in [3.8, 4) is 0 Å². The minimum atomic E-state index is -0.337. The van der Waals surface area contributed by atoms with E-state index in [0.29, 0.717) is 11.3 Å². The van der Waals surface area contributed by atoms with Gasteiger partial charge in [-0.15, -0.1) is 9.24 Å². The van der Waals surface area contributed by atoms with Gasteiger partial charge in [-0.1, -0.05) is 54.9 Å². The number of hydrogen-bond donors (Lipinski definition) is 1. The van der Waals surface area contributed by atoms with Crippen molar-refractivity contribution >= 4 is 9.24 Å². The molecule has 3 nitrogen and oxygen atoms in total. The van der Waals surface area contributed by atoms with E-state index in [1.807, 2.05) is 0 Å². The van der Waals surface area contributed by atoms with Gasteiger partial charge in [0.1, 0.15) is 0 Å². The lowest BCUT2D eigenvalue weighted by molar-refractivity contribution is -0.153. The molecule has 0 aliphatic heterocycles. The molecule has 3 atom stereocenters. The van der Waals surface area contributed by atoms with E-state index in [9.17, 15) is 0 Å². The van der Waals surface area contributed by atoms with Crippen molar-refractivity contribution < 1.29 is 9.57 Å². The van der Waals surface area contributed by atoms with Crippen molar-refractivity contribution in [2.24, 2.45) is 16.7 Å². The van der Waals surface area contributed by atoms with Gasteiger partial charge in [0.05, 0.1) is 16.5 Å². The molecule has 0 heterocycles. The smallest absolute Gasteiger partial charge is 0.0871 e. The molecule has 164 valence electrons. The first-order valence-electron chi connectivity index (χ1n) is 10.7. The fraction of sp³-hybridized carbons (Fsp3) is 1.00. The van der Waals surface area contributed by atoms with E-state index in [1.165, 1.54) is 6.42 Å². The van der Waals surface area contributed by atoms with Crippen molar-refractivity contribution in [3.63, 3.8) is 0 Å². The standard InChI is InChI=1S/C23H50NO2P/c1-13-18(2)20(6,7)14-15-24-26-22(10,11)17-23(12,27)25-21(8,9)16-19(3,4)5/h18,24H,13-17,27H2,1-12H3. The van der Waals surface area contributed by atoms with Crippen LogP contribution in [0.1, 0.15) is 109 Å². The summed E-state index contributed by atoms with van der Waals surface area (Å²) in [6.45, 7) is 27.7. The highest BCUT2D eigenvalue weighted by molar-refractivity contribution is 7.18. The topological polar surface area (TPSA) is 30.5 Å². The van der Waals surface area contributed by atoms with Crippen LogP contribution in [0.15, 0.2) is 0 Å². The molecule has 0 fully saturated rings. The molecule has 0 aliphatic carbocycles. The second kappa shape index (κ2) is 9.88. The van der Waals surface area contributed by atoms with Gasteiger partial charge in [-0.25, -0.2) is 5.48 Å². The Balaban J connectivity index is 4.59. The van der Waals surface area contributed by atoms with Gasteiger partial charge in [0.2, 0.25) is 0 Å². The van der Waals surface area contributed by atoms with E-state index < -0.39 is 0 Å². The summed E-state index contributed by atoms with van der Waals surface area (Å²) in [6, 6.07) is 0. The number of ether oxygens (including phenoxy) is 1. The van der Waals surface area contributed by atoms with E-state index in [1.54, 1.807) is 0 Å². The van der Waals surface area contributed by atoms with Gasteiger partial charge in [0.25, 0.3) is 0 Å². The highest BCUT2D eigenvalue weighted by atomic mass is 31.0. The third-order valence-corrected chi connectivity index (χ3v) is 5.73. The third kappa shape index (κ3) is 12.5. The van der Waals surface area contributed by atoms with Crippen LogP contribution in [0.4, 0.5) is 0 Å². The van der Waals surface area contributed by atoms with Crippen LogP contribution < -0.4 is 5.48 Å². The highest BCUT2D eigenvalue weighted by Crippen LogP contribution is 2.39. The fourth-order valence-electron chi connectivity index (χ4n) is 4.28. The van der Waals surface area contributed by atoms with Gasteiger partial charge in [-0.3, -0.25) is 4.84 Å². The Morgan fingerprint density at radius 3 is 1.81 bits per heavy atom. The molecule has 0 saturated carbocycles. The van der Waals surface area contributed by atoms with Crippen molar-refractivity contribution in [1.82, 2.24) is 5.48 Å². The van der Waals surface area contributed by atoms with Crippen molar-refractivity contribution in [2.75, 3.05) is 6.54 Å². The van der Waals surface area contributed by atoms with Crippen LogP contribution in [-0.2, 0) is 9.57 Å². The summed E-state index contributed by atoms with van der Waals surface area (Å²) >= 11 is 0. The Hall–Kier alpha value is 0.310. The van der Waals surface area contributed by atoms with E-state index in [4.69, 9.17) is 9.57 Å².